The zero-order chi connectivity index (χ0) is 12.4. The van der Waals surface area contributed by atoms with Crippen LogP contribution < -0.4 is 5.73 Å². The van der Waals surface area contributed by atoms with Crippen molar-refractivity contribution in [2.75, 3.05) is 0 Å². The Kier molecular flexibility index (Phi) is 3.16. The lowest BCUT2D eigenvalue weighted by molar-refractivity contribution is 0.478. The second kappa shape index (κ2) is 4.60. The van der Waals surface area contributed by atoms with Gasteiger partial charge in [0.05, 0.1) is 6.04 Å². The monoisotopic (exact) mass is 231 g/mol. The molecule has 1 aromatic carbocycles. The zero-order valence-corrected chi connectivity index (χ0v) is 9.66. The third kappa shape index (κ3) is 2.17. The number of aryl methyl sites for hydroxylation is 1. The number of hydrogen-bond acceptors (Lipinski definition) is 2. The van der Waals surface area contributed by atoms with Gasteiger partial charge in [0.25, 0.3) is 0 Å². The Bertz CT molecular complexity index is 580. The SMILES string of the molecule is C#CCCC(N)c1oc2ccc(F)cc2c1C. The largest absolute Gasteiger partial charge is 0.459 e. The topological polar surface area (TPSA) is 39.2 Å². The molecule has 2 aromatic rings. The minimum Gasteiger partial charge on any atom is -0.459 e. The normalized spacial score (nSPS) is 12.6. The summed E-state index contributed by atoms with van der Waals surface area (Å²) in [6, 6.07) is 4.23. The predicted octanol–water partition coefficient (Wildman–Crippen LogP) is 3.29. The Morgan fingerprint density at radius 1 is 1.53 bits per heavy atom. The number of benzene rings is 1. The number of furan rings is 1. The van der Waals surface area contributed by atoms with E-state index in [0.717, 1.165) is 10.9 Å². The lowest BCUT2D eigenvalue weighted by Gasteiger charge is -2.07. The van der Waals surface area contributed by atoms with Crippen molar-refractivity contribution in [3.8, 4) is 12.3 Å². The van der Waals surface area contributed by atoms with Gasteiger partial charge in [-0.15, -0.1) is 12.3 Å². The molecule has 0 amide bonds. The zero-order valence-electron chi connectivity index (χ0n) is 9.66. The number of terminal acetylenes is 1. The van der Waals surface area contributed by atoms with Crippen molar-refractivity contribution in [3.05, 3.63) is 35.3 Å². The quantitative estimate of drug-likeness (QED) is 0.823. The van der Waals surface area contributed by atoms with Crippen LogP contribution in [0.5, 0.6) is 0 Å². The molecule has 88 valence electrons. The summed E-state index contributed by atoms with van der Waals surface area (Å²) in [5.74, 6) is 2.97. The molecule has 0 aliphatic rings. The molecule has 1 heterocycles. The summed E-state index contributed by atoms with van der Waals surface area (Å²) in [6.45, 7) is 1.89. The molecule has 1 unspecified atom stereocenters. The third-order valence-electron chi connectivity index (χ3n) is 2.87. The number of rotatable bonds is 3. The van der Waals surface area contributed by atoms with E-state index in [2.05, 4.69) is 5.92 Å². The van der Waals surface area contributed by atoms with Gasteiger partial charge in [0.1, 0.15) is 17.2 Å². The van der Waals surface area contributed by atoms with E-state index < -0.39 is 0 Å². The van der Waals surface area contributed by atoms with Gasteiger partial charge in [0.15, 0.2) is 0 Å². The van der Waals surface area contributed by atoms with Gasteiger partial charge in [0.2, 0.25) is 0 Å². The van der Waals surface area contributed by atoms with Crippen LogP contribution >= 0.6 is 0 Å². The molecule has 3 heteroatoms. The fraction of sp³-hybridized carbons (Fsp3) is 0.286. The molecule has 1 atom stereocenters. The maximum absolute atomic E-state index is 13.1. The summed E-state index contributed by atoms with van der Waals surface area (Å²) in [5.41, 5.74) is 7.56. The van der Waals surface area contributed by atoms with Crippen LogP contribution in [0.15, 0.2) is 22.6 Å². The molecule has 0 aliphatic heterocycles. The fourth-order valence-electron chi connectivity index (χ4n) is 1.94. The van der Waals surface area contributed by atoms with Crippen LogP contribution in [0.25, 0.3) is 11.0 Å². The summed E-state index contributed by atoms with van der Waals surface area (Å²) < 4.78 is 18.8. The van der Waals surface area contributed by atoms with Crippen LogP contribution in [0.4, 0.5) is 4.39 Å². The van der Waals surface area contributed by atoms with Crippen LogP contribution in [0, 0.1) is 25.1 Å². The highest BCUT2D eigenvalue weighted by Crippen LogP contribution is 2.30. The van der Waals surface area contributed by atoms with E-state index in [-0.39, 0.29) is 11.9 Å². The van der Waals surface area contributed by atoms with E-state index in [0.29, 0.717) is 24.2 Å². The Morgan fingerprint density at radius 2 is 2.29 bits per heavy atom. The average molecular weight is 231 g/mol. The van der Waals surface area contributed by atoms with Gasteiger partial charge in [-0.25, -0.2) is 4.39 Å². The van der Waals surface area contributed by atoms with E-state index in [1.54, 1.807) is 6.07 Å². The molecule has 2 N–H and O–H groups in total. The number of hydrogen-bond donors (Lipinski definition) is 1. The number of nitrogens with two attached hydrogens (primary N) is 1. The van der Waals surface area contributed by atoms with E-state index in [1.165, 1.54) is 12.1 Å². The molecule has 0 aliphatic carbocycles. The van der Waals surface area contributed by atoms with Crippen molar-refractivity contribution in [3.63, 3.8) is 0 Å². The van der Waals surface area contributed by atoms with Crippen molar-refractivity contribution in [1.29, 1.82) is 0 Å². The van der Waals surface area contributed by atoms with E-state index >= 15 is 0 Å². The van der Waals surface area contributed by atoms with E-state index in [1.807, 2.05) is 6.92 Å². The van der Waals surface area contributed by atoms with Gasteiger partial charge >= 0.3 is 0 Å². The van der Waals surface area contributed by atoms with E-state index in [9.17, 15) is 4.39 Å². The molecular weight excluding hydrogens is 217 g/mol. The first kappa shape index (κ1) is 11.7. The standard InChI is InChI=1S/C14H14FNO/c1-3-4-5-12(16)14-9(2)11-8-10(15)6-7-13(11)17-14/h1,6-8,12H,4-5,16H2,2H3. The Balaban J connectivity index is 2.42. The number of halogens is 1. The minimum absolute atomic E-state index is 0.235. The van der Waals surface area contributed by atoms with Gasteiger partial charge < -0.3 is 10.2 Å². The van der Waals surface area contributed by atoms with Crippen LogP contribution in [0.2, 0.25) is 0 Å². The third-order valence-corrected chi connectivity index (χ3v) is 2.87. The molecule has 0 spiro atoms. The predicted molar refractivity (Wildman–Crippen MR) is 65.9 cm³/mol. The maximum Gasteiger partial charge on any atom is 0.134 e. The van der Waals surface area contributed by atoms with Crippen LogP contribution in [0.3, 0.4) is 0 Å². The Labute approximate surface area is 99.6 Å². The lowest BCUT2D eigenvalue weighted by Crippen LogP contribution is -2.09. The van der Waals surface area contributed by atoms with Crippen LogP contribution in [-0.4, -0.2) is 0 Å². The minimum atomic E-state index is -0.273. The Hall–Kier alpha value is -1.79. The van der Waals surface area contributed by atoms with Crippen molar-refractivity contribution < 1.29 is 8.81 Å². The molecule has 0 saturated heterocycles. The molecule has 0 radical (unpaired) electrons. The van der Waals surface area contributed by atoms with Crippen LogP contribution in [0.1, 0.15) is 30.2 Å². The second-order valence-corrected chi connectivity index (χ2v) is 4.08. The summed E-state index contributed by atoms with van der Waals surface area (Å²) in [6.07, 6.45) is 6.47. The van der Waals surface area contributed by atoms with Gasteiger partial charge in [-0.3, -0.25) is 0 Å². The van der Waals surface area contributed by atoms with Gasteiger partial charge in [-0.2, -0.15) is 0 Å². The fourth-order valence-corrected chi connectivity index (χ4v) is 1.94. The first-order valence-corrected chi connectivity index (χ1v) is 5.51. The van der Waals surface area contributed by atoms with Crippen molar-refractivity contribution in [1.82, 2.24) is 0 Å². The van der Waals surface area contributed by atoms with Gasteiger partial charge in [0, 0.05) is 17.4 Å². The molecule has 0 saturated carbocycles. The van der Waals surface area contributed by atoms with E-state index in [4.69, 9.17) is 16.6 Å². The highest BCUT2D eigenvalue weighted by atomic mass is 19.1. The smallest absolute Gasteiger partial charge is 0.134 e. The lowest BCUT2D eigenvalue weighted by atomic mass is 10.0. The molecule has 1 aromatic heterocycles. The second-order valence-electron chi connectivity index (χ2n) is 4.08. The Morgan fingerprint density at radius 3 is 3.00 bits per heavy atom. The molecule has 2 nitrogen and oxygen atoms in total. The summed E-state index contributed by atoms with van der Waals surface area (Å²) in [5, 5.41) is 0.774. The molecule has 0 fully saturated rings. The molecular formula is C14H14FNO. The summed E-state index contributed by atoms with van der Waals surface area (Å²) in [7, 11) is 0. The molecule has 0 bridgehead atoms. The summed E-state index contributed by atoms with van der Waals surface area (Å²) >= 11 is 0. The molecule has 2 rings (SSSR count). The van der Waals surface area contributed by atoms with Gasteiger partial charge in [-0.05, 0) is 31.5 Å². The van der Waals surface area contributed by atoms with Crippen LogP contribution in [-0.2, 0) is 0 Å². The highest BCUT2D eigenvalue weighted by Gasteiger charge is 2.16. The summed E-state index contributed by atoms with van der Waals surface area (Å²) in [4.78, 5) is 0. The highest BCUT2D eigenvalue weighted by molar-refractivity contribution is 5.82. The van der Waals surface area contributed by atoms with Gasteiger partial charge in [-0.1, -0.05) is 0 Å². The first-order chi connectivity index (χ1) is 8.13. The average Bonchev–Trinajstić information content (AvgIpc) is 2.64. The maximum atomic E-state index is 13.1. The van der Waals surface area contributed by atoms with Crippen molar-refractivity contribution >= 4 is 11.0 Å². The molecule has 17 heavy (non-hydrogen) atoms. The van der Waals surface area contributed by atoms with Crippen molar-refractivity contribution in [2.45, 2.75) is 25.8 Å². The first-order valence-electron chi connectivity index (χ1n) is 5.51. The van der Waals surface area contributed by atoms with Crippen molar-refractivity contribution in [2.24, 2.45) is 5.73 Å². The number of fused-ring (bicyclic) bond motifs is 1.